The van der Waals surface area contributed by atoms with E-state index in [4.69, 9.17) is 11.6 Å². The van der Waals surface area contributed by atoms with E-state index >= 15 is 0 Å². The average Bonchev–Trinajstić information content (AvgIpc) is 2.60. The highest BCUT2D eigenvalue weighted by Crippen LogP contribution is 2.25. The summed E-state index contributed by atoms with van der Waals surface area (Å²) >= 11 is 6.05. The fourth-order valence-corrected chi connectivity index (χ4v) is 2.53. The number of hydrogen-bond donors (Lipinski definition) is 2. The number of amides is 2. The third kappa shape index (κ3) is 4.61. The topological polar surface area (TPSA) is 58.2 Å². The molecule has 4 nitrogen and oxygen atoms in total. The molecule has 0 fully saturated rings. The predicted octanol–water partition coefficient (Wildman–Crippen LogP) is 4.11. The van der Waals surface area contributed by atoms with Crippen LogP contribution in [0.25, 0.3) is 0 Å². The van der Waals surface area contributed by atoms with E-state index in [0.717, 1.165) is 5.56 Å². The summed E-state index contributed by atoms with van der Waals surface area (Å²) in [6.07, 6.45) is 0.351. The molecule has 2 aromatic rings. The van der Waals surface area contributed by atoms with Gasteiger partial charge in [-0.3, -0.25) is 9.59 Å². The number of halogens is 2. The van der Waals surface area contributed by atoms with Gasteiger partial charge in [0.2, 0.25) is 11.8 Å². The number of hydrogen-bond acceptors (Lipinski definition) is 2. The van der Waals surface area contributed by atoms with E-state index < -0.39 is 17.2 Å². The van der Waals surface area contributed by atoms with Crippen molar-refractivity contribution in [3.63, 3.8) is 0 Å². The lowest BCUT2D eigenvalue weighted by molar-refractivity contribution is -0.138. The molecular formula is C20H22ClFN2O2. The number of anilines is 1. The lowest BCUT2D eigenvalue weighted by Crippen LogP contribution is -2.45. The molecule has 0 aliphatic rings. The third-order valence-electron chi connectivity index (χ3n) is 4.29. The molecule has 2 rings (SSSR count). The molecule has 0 unspecified atom stereocenters. The Kier molecular flexibility index (Phi) is 6.37. The van der Waals surface area contributed by atoms with Gasteiger partial charge < -0.3 is 10.6 Å². The van der Waals surface area contributed by atoms with Gasteiger partial charge >= 0.3 is 0 Å². The van der Waals surface area contributed by atoms with Gasteiger partial charge in [0, 0.05) is 17.3 Å². The Bertz CT molecular complexity index is 821. The summed E-state index contributed by atoms with van der Waals surface area (Å²) in [5, 5.41) is 5.98. The minimum Gasteiger partial charge on any atom is -0.355 e. The smallest absolute Gasteiger partial charge is 0.239 e. The maximum Gasteiger partial charge on any atom is 0.239 e. The first-order valence-corrected chi connectivity index (χ1v) is 8.69. The fourth-order valence-electron chi connectivity index (χ4n) is 2.36. The van der Waals surface area contributed by atoms with E-state index in [1.807, 2.05) is 0 Å². The van der Waals surface area contributed by atoms with Crippen LogP contribution in [0.4, 0.5) is 10.1 Å². The molecule has 0 heterocycles. The summed E-state index contributed by atoms with van der Waals surface area (Å²) in [5.41, 5.74) is 0.530. The minimum atomic E-state index is -1.29. The molecular weight excluding hydrogens is 355 g/mol. The Morgan fingerprint density at radius 2 is 1.77 bits per heavy atom. The van der Waals surface area contributed by atoms with Gasteiger partial charge in [-0.05, 0) is 56.5 Å². The summed E-state index contributed by atoms with van der Waals surface area (Å²) in [6.45, 7) is 5.12. The zero-order valence-corrected chi connectivity index (χ0v) is 15.8. The molecule has 0 aliphatic heterocycles. The number of benzene rings is 2. The second kappa shape index (κ2) is 8.32. The Morgan fingerprint density at radius 1 is 1.08 bits per heavy atom. The molecule has 2 N–H and O–H groups in total. The van der Waals surface area contributed by atoms with Crippen LogP contribution in [0.2, 0.25) is 5.02 Å². The van der Waals surface area contributed by atoms with Gasteiger partial charge in [-0.25, -0.2) is 4.39 Å². The van der Waals surface area contributed by atoms with Crippen LogP contribution in [-0.2, 0) is 16.0 Å². The first kappa shape index (κ1) is 19.9. The monoisotopic (exact) mass is 376 g/mol. The predicted molar refractivity (Wildman–Crippen MR) is 102 cm³/mol. The maximum atomic E-state index is 13.6. The highest BCUT2D eigenvalue weighted by molar-refractivity contribution is 6.31. The van der Waals surface area contributed by atoms with E-state index in [0.29, 0.717) is 22.7 Å². The van der Waals surface area contributed by atoms with Crippen molar-refractivity contribution >= 4 is 29.1 Å². The molecule has 138 valence electrons. The second-order valence-corrected chi connectivity index (χ2v) is 7.00. The standard InChI is InChI=1S/C20H22ClFN2O2/c1-13-15(21)8-6-10-17(13)24-19(26)20(2,3)18(25)23-12-11-14-7-4-5-9-16(14)22/h4-10H,11-12H2,1-3H3,(H,23,25)(H,24,26). The zero-order chi connectivity index (χ0) is 19.3. The van der Waals surface area contributed by atoms with E-state index in [1.165, 1.54) is 6.07 Å². The van der Waals surface area contributed by atoms with Crippen molar-refractivity contribution in [2.24, 2.45) is 5.41 Å². The van der Waals surface area contributed by atoms with Crippen molar-refractivity contribution in [3.05, 3.63) is 64.4 Å². The van der Waals surface area contributed by atoms with E-state index in [1.54, 1.807) is 57.2 Å². The van der Waals surface area contributed by atoms with Gasteiger partial charge in [0.05, 0.1) is 0 Å². The lowest BCUT2D eigenvalue weighted by Gasteiger charge is -2.23. The van der Waals surface area contributed by atoms with E-state index in [-0.39, 0.29) is 12.4 Å². The number of nitrogens with one attached hydrogen (secondary N) is 2. The lowest BCUT2D eigenvalue weighted by atomic mass is 9.90. The van der Waals surface area contributed by atoms with Crippen molar-refractivity contribution in [3.8, 4) is 0 Å². The van der Waals surface area contributed by atoms with Crippen molar-refractivity contribution in [2.75, 3.05) is 11.9 Å². The van der Waals surface area contributed by atoms with Crippen LogP contribution in [0, 0.1) is 18.2 Å². The van der Waals surface area contributed by atoms with Crippen molar-refractivity contribution in [1.82, 2.24) is 5.32 Å². The summed E-state index contributed by atoms with van der Waals surface area (Å²) in [5.74, 6) is -1.17. The van der Waals surface area contributed by atoms with Crippen LogP contribution >= 0.6 is 11.6 Å². The van der Waals surface area contributed by atoms with Crippen molar-refractivity contribution < 1.29 is 14.0 Å². The quantitative estimate of drug-likeness (QED) is 0.745. The molecule has 0 aliphatic carbocycles. The molecule has 0 saturated heterocycles. The van der Waals surface area contributed by atoms with Crippen molar-refractivity contribution in [1.29, 1.82) is 0 Å². The third-order valence-corrected chi connectivity index (χ3v) is 4.70. The van der Waals surface area contributed by atoms with Crippen LogP contribution in [0.15, 0.2) is 42.5 Å². The Balaban J connectivity index is 1.97. The molecule has 0 atom stereocenters. The largest absolute Gasteiger partial charge is 0.355 e. The highest BCUT2D eigenvalue weighted by atomic mass is 35.5. The first-order chi connectivity index (χ1) is 12.2. The molecule has 2 aromatic carbocycles. The summed E-state index contributed by atoms with van der Waals surface area (Å²) < 4.78 is 13.6. The molecule has 6 heteroatoms. The number of carbonyl (C=O) groups excluding carboxylic acids is 2. The molecule has 0 spiro atoms. The van der Waals surface area contributed by atoms with Gasteiger partial charge in [0.15, 0.2) is 0 Å². The van der Waals surface area contributed by atoms with Crippen LogP contribution in [-0.4, -0.2) is 18.4 Å². The maximum absolute atomic E-state index is 13.6. The minimum absolute atomic E-state index is 0.243. The molecule has 26 heavy (non-hydrogen) atoms. The van der Waals surface area contributed by atoms with E-state index in [2.05, 4.69) is 10.6 Å². The Morgan fingerprint density at radius 3 is 2.46 bits per heavy atom. The number of rotatable bonds is 6. The van der Waals surface area contributed by atoms with Crippen LogP contribution < -0.4 is 10.6 Å². The zero-order valence-electron chi connectivity index (χ0n) is 15.0. The average molecular weight is 377 g/mol. The second-order valence-electron chi connectivity index (χ2n) is 6.59. The molecule has 0 saturated carbocycles. The number of carbonyl (C=O) groups is 2. The summed E-state index contributed by atoms with van der Waals surface area (Å²) in [4.78, 5) is 25.0. The van der Waals surface area contributed by atoms with Crippen molar-refractivity contribution in [2.45, 2.75) is 27.2 Å². The van der Waals surface area contributed by atoms with Gasteiger partial charge in [-0.1, -0.05) is 35.9 Å². The first-order valence-electron chi connectivity index (χ1n) is 8.31. The van der Waals surface area contributed by atoms with Gasteiger partial charge in [-0.2, -0.15) is 0 Å². The molecule has 0 radical (unpaired) electrons. The van der Waals surface area contributed by atoms with Gasteiger partial charge in [0.25, 0.3) is 0 Å². The molecule has 0 bridgehead atoms. The molecule has 0 aromatic heterocycles. The highest BCUT2D eigenvalue weighted by Gasteiger charge is 2.36. The summed E-state index contributed by atoms with van der Waals surface area (Å²) in [6, 6.07) is 11.6. The van der Waals surface area contributed by atoms with Crippen LogP contribution in [0.1, 0.15) is 25.0 Å². The van der Waals surface area contributed by atoms with Gasteiger partial charge in [0.1, 0.15) is 11.2 Å². The Hall–Kier alpha value is -2.40. The normalized spacial score (nSPS) is 11.1. The fraction of sp³-hybridized carbons (Fsp3) is 0.300. The van der Waals surface area contributed by atoms with Crippen LogP contribution in [0.3, 0.4) is 0 Å². The van der Waals surface area contributed by atoms with E-state index in [9.17, 15) is 14.0 Å². The summed E-state index contributed by atoms with van der Waals surface area (Å²) in [7, 11) is 0. The van der Waals surface area contributed by atoms with Gasteiger partial charge in [-0.15, -0.1) is 0 Å². The van der Waals surface area contributed by atoms with Crippen LogP contribution in [0.5, 0.6) is 0 Å². The Labute approximate surface area is 157 Å². The molecule has 2 amide bonds. The SMILES string of the molecule is Cc1c(Cl)cccc1NC(=O)C(C)(C)C(=O)NCCc1ccccc1F.